The molecule has 1 aliphatic heterocycles. The van der Waals surface area contributed by atoms with Gasteiger partial charge in [-0.15, -0.1) is 0 Å². The fraction of sp³-hybridized carbons (Fsp3) is 0.333. The van der Waals surface area contributed by atoms with Crippen LogP contribution < -0.4 is 0 Å². The van der Waals surface area contributed by atoms with Gasteiger partial charge >= 0.3 is 5.97 Å². The molecule has 2 aromatic carbocycles. The van der Waals surface area contributed by atoms with Gasteiger partial charge in [0.1, 0.15) is 4.90 Å². The van der Waals surface area contributed by atoms with Gasteiger partial charge in [-0.1, -0.05) is 53.0 Å². The van der Waals surface area contributed by atoms with Crippen LogP contribution in [-0.2, 0) is 19.5 Å². The molecule has 1 saturated heterocycles. The van der Waals surface area contributed by atoms with Crippen molar-refractivity contribution < 1.29 is 27.5 Å². The van der Waals surface area contributed by atoms with Crippen molar-refractivity contribution in [2.45, 2.75) is 24.8 Å². The van der Waals surface area contributed by atoms with E-state index < -0.39 is 22.1 Å². The molecule has 166 valence electrons. The van der Waals surface area contributed by atoms with Gasteiger partial charge in [0.15, 0.2) is 6.10 Å². The van der Waals surface area contributed by atoms with Crippen LogP contribution in [0.25, 0.3) is 0 Å². The van der Waals surface area contributed by atoms with Crippen molar-refractivity contribution in [3.63, 3.8) is 0 Å². The molecule has 1 aliphatic rings. The quantitative estimate of drug-likeness (QED) is 0.457. The molecule has 10 heteroatoms. The standard InChI is InChI=1S/C21H21Cl2NO6S/c1-13-3-5-15(6-4-13)20(25)14(2)30-21(26)16-11-19(18(23)12-17(16)22)31(27,28)24-7-9-29-10-8-24/h3-6,11-12,14H,7-10H2,1-2H3. The van der Waals surface area contributed by atoms with E-state index in [1.807, 2.05) is 6.92 Å². The second kappa shape index (κ2) is 9.67. The van der Waals surface area contributed by atoms with Gasteiger partial charge in [-0.25, -0.2) is 13.2 Å². The van der Waals surface area contributed by atoms with E-state index in [0.717, 1.165) is 11.6 Å². The number of halogens is 2. The Morgan fingerprint density at radius 2 is 1.68 bits per heavy atom. The number of hydrogen-bond donors (Lipinski definition) is 0. The molecule has 0 N–H and O–H groups in total. The average molecular weight is 486 g/mol. The second-order valence-corrected chi connectivity index (χ2v) is 9.78. The van der Waals surface area contributed by atoms with Gasteiger partial charge < -0.3 is 9.47 Å². The monoisotopic (exact) mass is 485 g/mol. The lowest BCUT2D eigenvalue weighted by Gasteiger charge is -2.26. The van der Waals surface area contributed by atoms with E-state index in [4.69, 9.17) is 32.7 Å². The highest BCUT2D eigenvalue weighted by Gasteiger charge is 2.31. The van der Waals surface area contributed by atoms with Gasteiger partial charge in [0.05, 0.1) is 28.8 Å². The molecule has 1 heterocycles. The summed E-state index contributed by atoms with van der Waals surface area (Å²) in [6, 6.07) is 9.11. The number of benzene rings is 2. The maximum atomic E-state index is 13.0. The minimum Gasteiger partial charge on any atom is -0.451 e. The summed E-state index contributed by atoms with van der Waals surface area (Å²) in [5.74, 6) is -1.31. The zero-order chi connectivity index (χ0) is 22.8. The normalized spacial score (nSPS) is 16.0. The molecular formula is C21H21Cl2NO6S. The first-order chi connectivity index (χ1) is 14.6. The van der Waals surface area contributed by atoms with Crippen molar-refractivity contribution >= 4 is 45.0 Å². The molecular weight excluding hydrogens is 465 g/mol. The van der Waals surface area contributed by atoms with Crippen LogP contribution in [0.3, 0.4) is 0 Å². The Bertz CT molecular complexity index is 1100. The van der Waals surface area contributed by atoms with Crippen molar-refractivity contribution in [1.29, 1.82) is 0 Å². The molecule has 1 unspecified atom stereocenters. The zero-order valence-electron chi connectivity index (χ0n) is 16.9. The summed E-state index contributed by atoms with van der Waals surface area (Å²) in [5, 5.41) is -0.192. The lowest BCUT2D eigenvalue weighted by molar-refractivity contribution is 0.0318. The van der Waals surface area contributed by atoms with Gasteiger partial charge in [-0.05, 0) is 26.0 Å². The zero-order valence-corrected chi connectivity index (χ0v) is 19.3. The van der Waals surface area contributed by atoms with E-state index >= 15 is 0 Å². The summed E-state index contributed by atoms with van der Waals surface area (Å²) in [6.45, 7) is 4.19. The number of ketones is 1. The first-order valence-electron chi connectivity index (χ1n) is 9.50. The Hall–Kier alpha value is -1.97. The van der Waals surface area contributed by atoms with Crippen molar-refractivity contribution in [3.8, 4) is 0 Å². The van der Waals surface area contributed by atoms with E-state index in [0.29, 0.717) is 5.56 Å². The summed E-state index contributed by atoms with van der Waals surface area (Å²) in [5.41, 5.74) is 1.19. The molecule has 31 heavy (non-hydrogen) atoms. The summed E-state index contributed by atoms with van der Waals surface area (Å²) < 4.78 is 37.6. The first kappa shape index (κ1) is 23.7. The number of nitrogens with zero attached hydrogens (tertiary/aromatic N) is 1. The SMILES string of the molecule is Cc1ccc(C(=O)C(C)OC(=O)c2cc(S(=O)(=O)N3CCOCC3)c(Cl)cc2Cl)cc1. The Morgan fingerprint density at radius 3 is 2.29 bits per heavy atom. The van der Waals surface area contributed by atoms with Gasteiger partial charge in [0.2, 0.25) is 15.8 Å². The van der Waals surface area contributed by atoms with E-state index in [1.54, 1.807) is 24.3 Å². The third-order valence-corrected chi connectivity index (χ3v) is 7.49. The summed E-state index contributed by atoms with van der Waals surface area (Å²) >= 11 is 12.3. The minimum absolute atomic E-state index is 0.0779. The molecule has 0 aliphatic carbocycles. The van der Waals surface area contributed by atoms with Crippen molar-refractivity contribution in [2.75, 3.05) is 26.3 Å². The predicted molar refractivity (Wildman–Crippen MR) is 116 cm³/mol. The molecule has 1 atom stereocenters. The first-order valence-corrected chi connectivity index (χ1v) is 11.7. The van der Waals surface area contributed by atoms with Gasteiger partial charge in [-0.3, -0.25) is 4.79 Å². The molecule has 7 nitrogen and oxygen atoms in total. The summed E-state index contributed by atoms with van der Waals surface area (Å²) in [4.78, 5) is 25.0. The highest BCUT2D eigenvalue weighted by atomic mass is 35.5. The Balaban J connectivity index is 1.84. The van der Waals surface area contributed by atoms with E-state index in [-0.39, 0.29) is 52.6 Å². The maximum Gasteiger partial charge on any atom is 0.340 e. The Kier molecular flexibility index (Phi) is 7.39. The van der Waals surface area contributed by atoms with Crippen molar-refractivity contribution in [3.05, 3.63) is 63.1 Å². The highest BCUT2D eigenvalue weighted by molar-refractivity contribution is 7.89. The number of carbonyl (C=O) groups is 2. The van der Waals surface area contributed by atoms with Crippen LogP contribution in [0.1, 0.15) is 33.2 Å². The summed E-state index contributed by atoms with van der Waals surface area (Å²) in [7, 11) is -3.97. The number of esters is 1. The molecule has 3 rings (SSSR count). The number of rotatable bonds is 6. The predicted octanol–water partition coefficient (Wildman–Crippen LogP) is 3.75. The fourth-order valence-electron chi connectivity index (χ4n) is 3.04. The molecule has 0 bridgehead atoms. The second-order valence-electron chi connectivity index (χ2n) is 7.06. The fourth-order valence-corrected chi connectivity index (χ4v) is 5.27. The van der Waals surface area contributed by atoms with Crippen LogP contribution >= 0.6 is 23.2 Å². The van der Waals surface area contributed by atoms with E-state index in [9.17, 15) is 18.0 Å². The maximum absolute atomic E-state index is 13.0. The topological polar surface area (TPSA) is 90.0 Å². The number of carbonyl (C=O) groups excluding carboxylic acids is 2. The van der Waals surface area contributed by atoms with Crippen molar-refractivity contribution in [2.24, 2.45) is 0 Å². The Morgan fingerprint density at radius 1 is 1.06 bits per heavy atom. The van der Waals surface area contributed by atoms with Gasteiger partial charge in [0, 0.05) is 18.7 Å². The number of morpholine rings is 1. The largest absolute Gasteiger partial charge is 0.451 e. The number of sulfonamides is 1. The molecule has 1 fully saturated rings. The lowest BCUT2D eigenvalue weighted by atomic mass is 10.1. The number of Topliss-reactive ketones (excluding diaryl/α,β-unsaturated/α-hetero) is 1. The highest BCUT2D eigenvalue weighted by Crippen LogP contribution is 2.31. The van der Waals surface area contributed by atoms with Crippen LogP contribution in [0.4, 0.5) is 0 Å². The van der Waals surface area contributed by atoms with Crippen molar-refractivity contribution in [1.82, 2.24) is 4.31 Å². The van der Waals surface area contributed by atoms with Crippen LogP contribution in [0.5, 0.6) is 0 Å². The molecule has 0 aromatic heterocycles. The molecule has 0 radical (unpaired) electrons. The average Bonchev–Trinajstić information content (AvgIpc) is 2.74. The molecule has 2 aromatic rings. The van der Waals surface area contributed by atoms with Gasteiger partial charge in [0.25, 0.3) is 0 Å². The molecule has 0 saturated carbocycles. The summed E-state index contributed by atoms with van der Waals surface area (Å²) in [6.07, 6.45) is -1.10. The smallest absolute Gasteiger partial charge is 0.340 e. The van der Waals surface area contributed by atoms with E-state index in [1.165, 1.54) is 17.3 Å². The third kappa shape index (κ3) is 5.27. The molecule has 0 spiro atoms. The van der Waals surface area contributed by atoms with Crippen LogP contribution in [0.2, 0.25) is 10.0 Å². The Labute approximate surface area is 190 Å². The lowest BCUT2D eigenvalue weighted by Crippen LogP contribution is -2.40. The third-order valence-electron chi connectivity index (χ3n) is 4.82. The van der Waals surface area contributed by atoms with E-state index in [2.05, 4.69) is 0 Å². The molecule has 0 amide bonds. The van der Waals surface area contributed by atoms with Crippen LogP contribution in [-0.4, -0.2) is 56.9 Å². The number of hydrogen-bond acceptors (Lipinski definition) is 6. The minimum atomic E-state index is -3.97. The van der Waals surface area contributed by atoms with Crippen LogP contribution in [0.15, 0.2) is 41.3 Å². The van der Waals surface area contributed by atoms with Gasteiger partial charge in [-0.2, -0.15) is 4.31 Å². The van der Waals surface area contributed by atoms with Crippen LogP contribution in [0, 0.1) is 6.92 Å². The number of ether oxygens (including phenoxy) is 2. The number of aryl methyl sites for hydroxylation is 1.